The minimum Gasteiger partial charge on any atom is -0.399 e. The fourth-order valence-electron chi connectivity index (χ4n) is 0.873. The van der Waals surface area contributed by atoms with Gasteiger partial charge in [0.1, 0.15) is 12.8 Å². The van der Waals surface area contributed by atoms with Crippen molar-refractivity contribution < 1.29 is 9.59 Å². The van der Waals surface area contributed by atoms with Crippen LogP contribution < -0.4 is 11.1 Å². The third-order valence-corrected chi connectivity index (χ3v) is 1.43. The Morgan fingerprint density at radius 2 is 2.23 bits per heavy atom. The van der Waals surface area contributed by atoms with Crippen molar-refractivity contribution in [2.24, 2.45) is 0 Å². The Bertz CT molecular complexity index is 323. The molecule has 4 nitrogen and oxygen atoms in total. The molecule has 0 atom stereocenters. The van der Waals surface area contributed by atoms with Gasteiger partial charge in [0.25, 0.3) is 5.91 Å². The zero-order valence-electron chi connectivity index (χ0n) is 6.86. The molecule has 0 spiro atoms. The Kier molecular flexibility index (Phi) is 3.03. The number of nitrogens with one attached hydrogen (secondary N) is 1. The van der Waals surface area contributed by atoms with Crippen molar-refractivity contribution in [3.05, 3.63) is 36.4 Å². The van der Waals surface area contributed by atoms with Gasteiger partial charge in [-0.05, 0) is 18.2 Å². The largest absolute Gasteiger partial charge is 0.399 e. The second-order valence-electron chi connectivity index (χ2n) is 2.40. The average Bonchev–Trinajstić information content (AvgIpc) is 2.14. The van der Waals surface area contributed by atoms with Gasteiger partial charge >= 0.3 is 0 Å². The maximum atomic E-state index is 11.2. The number of nitrogen functional groups attached to an aromatic ring is 1. The second kappa shape index (κ2) is 4.25. The smallest absolute Gasteiger partial charge is 0.252 e. The molecule has 1 aromatic carbocycles. The molecule has 4 heteroatoms. The van der Waals surface area contributed by atoms with Crippen LogP contribution in [0.2, 0.25) is 0 Å². The monoisotopic (exact) mass is 177 g/mol. The molecule has 0 bridgehead atoms. The van der Waals surface area contributed by atoms with E-state index in [9.17, 15) is 9.59 Å². The summed E-state index contributed by atoms with van der Waals surface area (Å²) in [5.41, 5.74) is 6.41. The summed E-state index contributed by atoms with van der Waals surface area (Å²) >= 11 is 0. The molecule has 1 rings (SSSR count). The Labute approximate surface area is 75.7 Å². The van der Waals surface area contributed by atoms with Gasteiger partial charge in [-0.1, -0.05) is 6.07 Å². The number of anilines is 1. The molecule has 1 aromatic rings. The van der Waals surface area contributed by atoms with Crippen molar-refractivity contribution in [2.45, 2.75) is 0 Å². The van der Waals surface area contributed by atoms with E-state index < -0.39 is 0 Å². The summed E-state index contributed by atoms with van der Waals surface area (Å²) in [5, 5.41) is 2.29. The Hall–Kier alpha value is -1.84. The van der Waals surface area contributed by atoms with Crippen LogP contribution in [-0.4, -0.2) is 12.2 Å². The van der Waals surface area contributed by atoms with E-state index in [-0.39, 0.29) is 5.91 Å². The average molecular weight is 177 g/mol. The minimum absolute atomic E-state index is 0.348. The lowest BCUT2D eigenvalue weighted by Crippen LogP contribution is -2.20. The molecule has 13 heavy (non-hydrogen) atoms. The summed E-state index contributed by atoms with van der Waals surface area (Å²) in [6.45, 7) is 1.03. The molecule has 0 unspecified atom stereocenters. The van der Waals surface area contributed by atoms with Gasteiger partial charge in [-0.3, -0.25) is 4.79 Å². The summed E-state index contributed by atoms with van der Waals surface area (Å²) in [6, 6.07) is 6.50. The van der Waals surface area contributed by atoms with Crippen molar-refractivity contribution >= 4 is 17.9 Å². The quantitative estimate of drug-likeness (QED) is 0.517. The van der Waals surface area contributed by atoms with E-state index in [4.69, 9.17) is 5.73 Å². The molecule has 0 fully saturated rings. The normalized spacial score (nSPS) is 9.23. The predicted molar refractivity (Wildman–Crippen MR) is 48.7 cm³/mol. The van der Waals surface area contributed by atoms with E-state index in [1.165, 1.54) is 6.07 Å². The highest BCUT2D eigenvalue weighted by molar-refractivity contribution is 5.96. The van der Waals surface area contributed by atoms with Crippen LogP contribution in [0.15, 0.2) is 24.3 Å². The summed E-state index contributed by atoms with van der Waals surface area (Å²) in [5.74, 6) is -0.348. The van der Waals surface area contributed by atoms with Crippen LogP contribution in [0.5, 0.6) is 0 Å². The van der Waals surface area contributed by atoms with Crippen LogP contribution in [0.3, 0.4) is 0 Å². The van der Waals surface area contributed by atoms with E-state index in [0.717, 1.165) is 6.54 Å². The third-order valence-electron chi connectivity index (χ3n) is 1.43. The first kappa shape index (κ1) is 9.25. The standard InChI is InChI=1S/C9H9N2O2/c10-8-3-1-2-7(6-8)9(13)11-4-5-12/h1-6H,10H2,(H,11,13). The predicted octanol–water partition coefficient (Wildman–Crippen LogP) is 0.359. The van der Waals surface area contributed by atoms with Gasteiger partial charge in [0.2, 0.25) is 0 Å². The van der Waals surface area contributed by atoms with Gasteiger partial charge < -0.3 is 15.8 Å². The SMILES string of the molecule is Nc1cccc(C(=O)N[CH]C=O)c1. The lowest BCUT2D eigenvalue weighted by Gasteiger charge is -2.01. The maximum Gasteiger partial charge on any atom is 0.252 e. The van der Waals surface area contributed by atoms with Crippen LogP contribution in [-0.2, 0) is 4.79 Å². The molecule has 0 aliphatic heterocycles. The molecule has 1 amide bonds. The van der Waals surface area contributed by atoms with Crippen molar-refractivity contribution in [1.82, 2.24) is 5.32 Å². The first-order valence-corrected chi connectivity index (χ1v) is 3.67. The number of hydrogen-bond donors (Lipinski definition) is 2. The van der Waals surface area contributed by atoms with Gasteiger partial charge in [-0.25, -0.2) is 0 Å². The van der Waals surface area contributed by atoms with E-state index in [1.54, 1.807) is 18.2 Å². The number of carbonyl (C=O) groups excluding carboxylic acids is 2. The van der Waals surface area contributed by atoms with Crippen molar-refractivity contribution in [3.63, 3.8) is 0 Å². The van der Waals surface area contributed by atoms with Crippen LogP contribution in [0.25, 0.3) is 0 Å². The number of aldehydes is 1. The Morgan fingerprint density at radius 1 is 1.46 bits per heavy atom. The first-order valence-electron chi connectivity index (χ1n) is 3.67. The third kappa shape index (κ3) is 2.59. The summed E-state index contributed by atoms with van der Waals surface area (Å²) in [6.07, 6.45) is 0.504. The first-order chi connectivity index (χ1) is 6.24. The van der Waals surface area contributed by atoms with Crippen LogP contribution >= 0.6 is 0 Å². The summed E-state index contributed by atoms with van der Waals surface area (Å²) < 4.78 is 0. The Balaban J connectivity index is 2.71. The van der Waals surface area contributed by atoms with E-state index in [1.807, 2.05) is 0 Å². The van der Waals surface area contributed by atoms with Gasteiger partial charge in [-0.2, -0.15) is 0 Å². The molecular formula is C9H9N2O2. The zero-order valence-corrected chi connectivity index (χ0v) is 6.86. The highest BCUT2D eigenvalue weighted by Crippen LogP contribution is 2.05. The number of hydrogen-bond acceptors (Lipinski definition) is 3. The lowest BCUT2D eigenvalue weighted by molar-refractivity contribution is -0.105. The van der Waals surface area contributed by atoms with Crippen LogP contribution in [0, 0.1) is 6.54 Å². The molecule has 0 saturated carbocycles. The maximum absolute atomic E-state index is 11.2. The molecule has 0 aliphatic carbocycles. The van der Waals surface area contributed by atoms with Crippen molar-refractivity contribution in [1.29, 1.82) is 0 Å². The number of rotatable bonds is 3. The topological polar surface area (TPSA) is 72.2 Å². The fourth-order valence-corrected chi connectivity index (χ4v) is 0.873. The van der Waals surface area contributed by atoms with E-state index in [0.29, 0.717) is 17.5 Å². The molecule has 3 N–H and O–H groups in total. The lowest BCUT2D eigenvalue weighted by atomic mass is 10.2. The zero-order chi connectivity index (χ0) is 9.68. The molecular weight excluding hydrogens is 168 g/mol. The number of benzene rings is 1. The summed E-state index contributed by atoms with van der Waals surface area (Å²) in [7, 11) is 0. The molecule has 1 radical (unpaired) electrons. The molecule has 67 valence electrons. The van der Waals surface area contributed by atoms with Crippen molar-refractivity contribution in [2.75, 3.05) is 5.73 Å². The molecule has 0 saturated heterocycles. The van der Waals surface area contributed by atoms with Gasteiger partial charge in [0.15, 0.2) is 0 Å². The molecule has 0 heterocycles. The number of nitrogens with two attached hydrogens (primary N) is 1. The number of carbonyl (C=O) groups is 2. The van der Waals surface area contributed by atoms with Gasteiger partial charge in [0, 0.05) is 11.3 Å². The van der Waals surface area contributed by atoms with E-state index >= 15 is 0 Å². The second-order valence-corrected chi connectivity index (χ2v) is 2.40. The summed E-state index contributed by atoms with van der Waals surface area (Å²) in [4.78, 5) is 21.1. The fraction of sp³-hybridized carbons (Fsp3) is 0. The van der Waals surface area contributed by atoms with E-state index in [2.05, 4.69) is 5.32 Å². The molecule has 0 aromatic heterocycles. The van der Waals surface area contributed by atoms with Crippen LogP contribution in [0.1, 0.15) is 10.4 Å². The van der Waals surface area contributed by atoms with Gasteiger partial charge in [-0.15, -0.1) is 0 Å². The molecule has 0 aliphatic rings. The van der Waals surface area contributed by atoms with Gasteiger partial charge in [0.05, 0.1) is 0 Å². The minimum atomic E-state index is -0.348. The number of amides is 1. The highest BCUT2D eigenvalue weighted by Gasteiger charge is 2.03. The van der Waals surface area contributed by atoms with Crippen LogP contribution in [0.4, 0.5) is 5.69 Å². The van der Waals surface area contributed by atoms with Crippen molar-refractivity contribution in [3.8, 4) is 0 Å². The Morgan fingerprint density at radius 3 is 2.85 bits per heavy atom. The highest BCUT2D eigenvalue weighted by atomic mass is 16.2.